The molecule has 116 valence electrons. The van der Waals surface area contributed by atoms with E-state index in [1.165, 1.54) is 44.3 Å². The maximum Gasteiger partial charge on any atom is 0.222 e. The van der Waals surface area contributed by atoms with Crippen molar-refractivity contribution in [1.82, 2.24) is 4.90 Å². The van der Waals surface area contributed by atoms with Gasteiger partial charge in [-0.15, -0.1) is 0 Å². The fourth-order valence-corrected chi connectivity index (χ4v) is 6.26. The number of hydrogen-bond donors (Lipinski definition) is 0. The van der Waals surface area contributed by atoms with Gasteiger partial charge in [0, 0.05) is 30.0 Å². The zero-order valence-electron chi connectivity index (χ0n) is 13.0. The van der Waals surface area contributed by atoms with Crippen LogP contribution in [0.2, 0.25) is 0 Å². The lowest BCUT2D eigenvalue weighted by molar-refractivity contribution is -0.133. The van der Waals surface area contributed by atoms with Gasteiger partial charge in [-0.3, -0.25) is 4.79 Å². The van der Waals surface area contributed by atoms with Gasteiger partial charge < -0.3 is 4.90 Å². The summed E-state index contributed by atoms with van der Waals surface area (Å²) in [6, 6.07) is 0.453. The third-order valence-electron chi connectivity index (χ3n) is 4.57. The summed E-state index contributed by atoms with van der Waals surface area (Å²) in [6.07, 6.45) is 9.49. The molecule has 20 heavy (non-hydrogen) atoms. The standard InChI is InChI=1S/C16H29NOS2/c1-13-6-5-7-14(2)17(12-13)16(18)9-4-3-8-15-10-11-19-20-15/h13-15H,3-12H2,1-2H3. The Kier molecular flexibility index (Phi) is 7.09. The van der Waals surface area contributed by atoms with Gasteiger partial charge >= 0.3 is 0 Å². The highest BCUT2D eigenvalue weighted by molar-refractivity contribution is 8.77. The summed E-state index contributed by atoms with van der Waals surface area (Å²) in [4.78, 5) is 14.6. The Hall–Kier alpha value is 0.170. The summed E-state index contributed by atoms with van der Waals surface area (Å²) >= 11 is 0. The number of carbonyl (C=O) groups is 1. The van der Waals surface area contributed by atoms with Crippen molar-refractivity contribution >= 4 is 27.5 Å². The van der Waals surface area contributed by atoms with Crippen molar-refractivity contribution in [3.05, 3.63) is 0 Å². The molecule has 3 unspecified atom stereocenters. The summed E-state index contributed by atoms with van der Waals surface area (Å²) in [7, 11) is 4.07. The van der Waals surface area contributed by atoms with Crippen LogP contribution in [0.25, 0.3) is 0 Å². The van der Waals surface area contributed by atoms with Crippen molar-refractivity contribution in [2.24, 2.45) is 5.92 Å². The number of rotatable bonds is 5. The van der Waals surface area contributed by atoms with E-state index >= 15 is 0 Å². The van der Waals surface area contributed by atoms with Crippen molar-refractivity contribution in [1.29, 1.82) is 0 Å². The fourth-order valence-electron chi connectivity index (χ4n) is 3.23. The van der Waals surface area contributed by atoms with E-state index in [4.69, 9.17) is 0 Å². The molecule has 0 bridgehead atoms. The molecule has 0 radical (unpaired) electrons. The van der Waals surface area contributed by atoms with Crippen LogP contribution in [-0.4, -0.2) is 34.4 Å². The van der Waals surface area contributed by atoms with Gasteiger partial charge in [-0.2, -0.15) is 0 Å². The van der Waals surface area contributed by atoms with Gasteiger partial charge in [-0.1, -0.05) is 41.4 Å². The van der Waals surface area contributed by atoms with Crippen LogP contribution in [0.1, 0.15) is 65.2 Å². The number of amides is 1. The van der Waals surface area contributed by atoms with Crippen LogP contribution in [0.3, 0.4) is 0 Å². The average molecular weight is 316 g/mol. The van der Waals surface area contributed by atoms with E-state index in [-0.39, 0.29) is 0 Å². The third-order valence-corrected chi connectivity index (χ3v) is 7.58. The Morgan fingerprint density at radius 1 is 1.20 bits per heavy atom. The summed E-state index contributed by atoms with van der Waals surface area (Å²) in [5, 5.41) is 0.854. The van der Waals surface area contributed by atoms with Crippen LogP contribution < -0.4 is 0 Å². The quantitative estimate of drug-likeness (QED) is 0.540. The van der Waals surface area contributed by atoms with Crippen LogP contribution in [0.4, 0.5) is 0 Å². The molecule has 0 aliphatic carbocycles. The third kappa shape index (κ3) is 5.18. The van der Waals surface area contributed by atoms with Gasteiger partial charge in [-0.05, 0) is 44.9 Å². The molecule has 3 atom stereocenters. The van der Waals surface area contributed by atoms with Crippen molar-refractivity contribution in [2.75, 3.05) is 12.3 Å². The molecule has 0 saturated carbocycles. The molecule has 0 N–H and O–H groups in total. The van der Waals surface area contributed by atoms with Crippen molar-refractivity contribution < 1.29 is 4.79 Å². The first-order valence-corrected chi connectivity index (χ1v) is 10.6. The van der Waals surface area contributed by atoms with E-state index in [1.807, 2.05) is 10.8 Å². The minimum Gasteiger partial charge on any atom is -0.340 e. The number of nitrogens with zero attached hydrogens (tertiary/aromatic N) is 1. The number of unbranched alkanes of at least 4 members (excludes halogenated alkanes) is 1. The van der Waals surface area contributed by atoms with Gasteiger partial charge in [0.05, 0.1) is 0 Å². The largest absolute Gasteiger partial charge is 0.340 e. The lowest BCUT2D eigenvalue weighted by Gasteiger charge is -2.29. The first kappa shape index (κ1) is 16.5. The highest BCUT2D eigenvalue weighted by Crippen LogP contribution is 2.39. The number of likely N-dealkylation sites (tertiary alicyclic amines) is 1. The molecule has 1 amide bonds. The Balaban J connectivity index is 1.67. The minimum atomic E-state index is 0.403. The molecule has 2 rings (SSSR count). The molecule has 4 heteroatoms. The highest BCUT2D eigenvalue weighted by atomic mass is 33.1. The smallest absolute Gasteiger partial charge is 0.222 e. The SMILES string of the molecule is CC1CCCC(C)N(C(=O)CCCCC2CCSS2)C1. The molecular weight excluding hydrogens is 286 g/mol. The van der Waals surface area contributed by atoms with E-state index < -0.39 is 0 Å². The normalized spacial score (nSPS) is 31.3. The number of carbonyl (C=O) groups excluding carboxylic acids is 1. The predicted octanol–water partition coefficient (Wildman–Crippen LogP) is 4.74. The second-order valence-corrected chi connectivity index (χ2v) is 9.29. The Labute approximate surface area is 132 Å². The minimum absolute atomic E-state index is 0.403. The molecule has 2 saturated heterocycles. The van der Waals surface area contributed by atoms with Crippen LogP contribution in [0, 0.1) is 5.92 Å². The zero-order valence-corrected chi connectivity index (χ0v) is 14.6. The Bertz CT molecular complexity index is 305. The molecule has 0 spiro atoms. The highest BCUT2D eigenvalue weighted by Gasteiger charge is 2.24. The first-order valence-electron chi connectivity index (χ1n) is 8.24. The van der Waals surface area contributed by atoms with E-state index in [0.29, 0.717) is 17.9 Å². The predicted molar refractivity (Wildman–Crippen MR) is 91.1 cm³/mol. The van der Waals surface area contributed by atoms with E-state index in [9.17, 15) is 4.79 Å². The Morgan fingerprint density at radius 3 is 2.80 bits per heavy atom. The van der Waals surface area contributed by atoms with Crippen molar-refractivity contribution in [3.63, 3.8) is 0 Å². The molecule has 2 aliphatic heterocycles. The maximum atomic E-state index is 12.4. The fraction of sp³-hybridized carbons (Fsp3) is 0.938. The van der Waals surface area contributed by atoms with Crippen LogP contribution in [-0.2, 0) is 4.79 Å². The summed E-state index contributed by atoms with van der Waals surface area (Å²) < 4.78 is 0. The molecule has 2 aliphatic rings. The average Bonchev–Trinajstić information content (AvgIpc) is 2.87. The topological polar surface area (TPSA) is 20.3 Å². The molecule has 2 fully saturated rings. The molecule has 0 aromatic rings. The second-order valence-electron chi connectivity index (χ2n) is 6.51. The van der Waals surface area contributed by atoms with Crippen LogP contribution in [0.15, 0.2) is 0 Å². The lowest BCUT2D eigenvalue weighted by Crippen LogP contribution is -2.39. The van der Waals surface area contributed by atoms with Crippen LogP contribution >= 0.6 is 21.6 Å². The van der Waals surface area contributed by atoms with Gasteiger partial charge in [0.25, 0.3) is 0 Å². The summed E-state index contributed by atoms with van der Waals surface area (Å²) in [6.45, 7) is 5.49. The molecular formula is C16H29NOS2. The van der Waals surface area contributed by atoms with Crippen LogP contribution in [0.5, 0.6) is 0 Å². The monoisotopic (exact) mass is 315 g/mol. The van der Waals surface area contributed by atoms with Gasteiger partial charge in [0.1, 0.15) is 0 Å². The second kappa shape index (κ2) is 8.57. The molecule has 2 heterocycles. The zero-order chi connectivity index (χ0) is 14.4. The van der Waals surface area contributed by atoms with E-state index in [2.05, 4.69) is 29.5 Å². The Morgan fingerprint density at radius 2 is 2.05 bits per heavy atom. The lowest BCUT2D eigenvalue weighted by atomic mass is 10.1. The molecule has 2 nitrogen and oxygen atoms in total. The maximum absolute atomic E-state index is 12.4. The van der Waals surface area contributed by atoms with Gasteiger partial charge in [0.2, 0.25) is 5.91 Å². The van der Waals surface area contributed by atoms with Crippen molar-refractivity contribution in [3.8, 4) is 0 Å². The molecule has 0 aromatic heterocycles. The van der Waals surface area contributed by atoms with Crippen molar-refractivity contribution in [2.45, 2.75) is 76.5 Å². The number of hydrogen-bond acceptors (Lipinski definition) is 3. The molecule has 0 aromatic carbocycles. The summed E-state index contributed by atoms with van der Waals surface area (Å²) in [5.41, 5.74) is 0. The van der Waals surface area contributed by atoms with Gasteiger partial charge in [0.15, 0.2) is 0 Å². The van der Waals surface area contributed by atoms with Gasteiger partial charge in [-0.25, -0.2) is 0 Å². The first-order chi connectivity index (χ1) is 9.66. The summed E-state index contributed by atoms with van der Waals surface area (Å²) in [5.74, 6) is 2.40. The van der Waals surface area contributed by atoms with E-state index in [1.54, 1.807) is 0 Å². The van der Waals surface area contributed by atoms with E-state index in [0.717, 1.165) is 24.6 Å².